The third-order valence-corrected chi connectivity index (χ3v) is 3.75. The first-order valence-electron chi connectivity index (χ1n) is 4.96. The standard InChI is InChI=1S/C9H16ClN3O2S/c1-7(10)4-5-11-16(14,15)9-6-13(3)8(2)12-9/h6-7,11H,4-5H2,1-3H3. The molecule has 1 heterocycles. The van der Waals surface area contributed by atoms with Crippen LogP contribution in [0.4, 0.5) is 0 Å². The van der Waals surface area contributed by atoms with Gasteiger partial charge in [0.05, 0.1) is 0 Å². The molecule has 0 saturated carbocycles. The van der Waals surface area contributed by atoms with E-state index in [1.54, 1.807) is 18.5 Å². The van der Waals surface area contributed by atoms with Gasteiger partial charge in [-0.15, -0.1) is 11.6 Å². The second-order valence-corrected chi connectivity index (χ2v) is 6.16. The Bertz CT molecular complexity index is 434. The van der Waals surface area contributed by atoms with E-state index in [1.807, 2.05) is 6.92 Å². The summed E-state index contributed by atoms with van der Waals surface area (Å²) in [7, 11) is -1.75. The SMILES string of the molecule is Cc1nc(S(=O)(=O)NCCC(C)Cl)cn1C. The summed E-state index contributed by atoms with van der Waals surface area (Å²) in [6, 6.07) is 0. The number of imidazole rings is 1. The zero-order valence-electron chi connectivity index (χ0n) is 9.57. The van der Waals surface area contributed by atoms with E-state index in [4.69, 9.17) is 11.6 Å². The van der Waals surface area contributed by atoms with Gasteiger partial charge in [-0.3, -0.25) is 0 Å². The van der Waals surface area contributed by atoms with Gasteiger partial charge in [-0.05, 0) is 20.3 Å². The fourth-order valence-electron chi connectivity index (χ4n) is 1.12. The minimum absolute atomic E-state index is 0.0480. The fourth-order valence-corrected chi connectivity index (χ4v) is 2.31. The maximum Gasteiger partial charge on any atom is 0.259 e. The molecule has 92 valence electrons. The molecule has 5 nitrogen and oxygen atoms in total. The van der Waals surface area contributed by atoms with Gasteiger partial charge in [-0.1, -0.05) is 0 Å². The van der Waals surface area contributed by atoms with Crippen molar-refractivity contribution in [2.24, 2.45) is 7.05 Å². The molecule has 0 aliphatic rings. The third kappa shape index (κ3) is 3.47. The zero-order chi connectivity index (χ0) is 12.3. The molecule has 16 heavy (non-hydrogen) atoms. The summed E-state index contributed by atoms with van der Waals surface area (Å²) < 4.78 is 27.6. The van der Waals surface area contributed by atoms with Gasteiger partial charge in [0.25, 0.3) is 10.0 Å². The Balaban J connectivity index is 2.71. The lowest BCUT2D eigenvalue weighted by Crippen LogP contribution is -2.26. The summed E-state index contributed by atoms with van der Waals surface area (Å²) in [5.41, 5.74) is 0. The number of nitrogens with one attached hydrogen (secondary N) is 1. The molecule has 1 N–H and O–H groups in total. The maximum atomic E-state index is 11.7. The molecule has 0 spiro atoms. The number of rotatable bonds is 5. The molecule has 0 bridgehead atoms. The summed E-state index contributed by atoms with van der Waals surface area (Å²) in [6.45, 7) is 3.89. The second-order valence-electron chi connectivity index (χ2n) is 3.70. The molecule has 1 rings (SSSR count). The van der Waals surface area contributed by atoms with E-state index in [-0.39, 0.29) is 10.4 Å². The highest BCUT2D eigenvalue weighted by atomic mass is 35.5. The van der Waals surface area contributed by atoms with E-state index in [0.717, 1.165) is 0 Å². The van der Waals surface area contributed by atoms with Crippen LogP contribution in [0.15, 0.2) is 11.2 Å². The van der Waals surface area contributed by atoms with Crippen molar-refractivity contribution >= 4 is 21.6 Å². The van der Waals surface area contributed by atoms with E-state index in [1.165, 1.54) is 6.20 Å². The maximum absolute atomic E-state index is 11.7. The number of hydrogen-bond acceptors (Lipinski definition) is 3. The lowest BCUT2D eigenvalue weighted by Gasteiger charge is -2.04. The van der Waals surface area contributed by atoms with Crippen LogP contribution in [0.3, 0.4) is 0 Å². The lowest BCUT2D eigenvalue weighted by atomic mass is 10.3. The number of nitrogens with zero attached hydrogens (tertiary/aromatic N) is 2. The Labute approximate surface area is 101 Å². The van der Waals surface area contributed by atoms with E-state index >= 15 is 0 Å². The zero-order valence-corrected chi connectivity index (χ0v) is 11.1. The summed E-state index contributed by atoms with van der Waals surface area (Å²) in [6.07, 6.45) is 2.08. The normalized spacial score (nSPS) is 14.0. The van der Waals surface area contributed by atoms with Gasteiger partial charge >= 0.3 is 0 Å². The molecule has 0 fully saturated rings. The van der Waals surface area contributed by atoms with Crippen molar-refractivity contribution in [1.29, 1.82) is 0 Å². The van der Waals surface area contributed by atoms with E-state index in [9.17, 15) is 8.42 Å². The van der Waals surface area contributed by atoms with Crippen molar-refractivity contribution in [3.63, 3.8) is 0 Å². The Hall–Kier alpha value is -0.590. The number of halogens is 1. The molecule has 1 aromatic rings. The quantitative estimate of drug-likeness (QED) is 0.809. The Kier molecular flexibility index (Phi) is 4.35. The highest BCUT2D eigenvalue weighted by Gasteiger charge is 2.17. The number of aryl methyl sites for hydroxylation is 2. The highest BCUT2D eigenvalue weighted by molar-refractivity contribution is 7.89. The monoisotopic (exact) mass is 265 g/mol. The largest absolute Gasteiger partial charge is 0.337 e. The minimum Gasteiger partial charge on any atom is -0.337 e. The van der Waals surface area contributed by atoms with Crippen molar-refractivity contribution in [3.05, 3.63) is 12.0 Å². The molecule has 1 atom stereocenters. The van der Waals surface area contributed by atoms with Gasteiger partial charge in [0.15, 0.2) is 5.03 Å². The summed E-state index contributed by atoms with van der Waals surface area (Å²) in [5.74, 6) is 0.658. The summed E-state index contributed by atoms with van der Waals surface area (Å²) in [5, 5.41) is 0.00268. The summed E-state index contributed by atoms with van der Waals surface area (Å²) in [4.78, 5) is 3.96. The van der Waals surface area contributed by atoms with Crippen LogP contribution in [0.5, 0.6) is 0 Å². The predicted molar refractivity (Wildman–Crippen MR) is 63.1 cm³/mol. The molecule has 1 unspecified atom stereocenters. The second kappa shape index (κ2) is 5.16. The molecular weight excluding hydrogens is 250 g/mol. The number of aromatic nitrogens is 2. The van der Waals surface area contributed by atoms with Crippen molar-refractivity contribution in [2.45, 2.75) is 30.7 Å². The first kappa shape index (κ1) is 13.5. The molecule has 0 aliphatic carbocycles. The van der Waals surface area contributed by atoms with Crippen LogP contribution >= 0.6 is 11.6 Å². The summed E-state index contributed by atoms with van der Waals surface area (Å²) >= 11 is 5.73. The average Bonchev–Trinajstić information content (AvgIpc) is 2.46. The van der Waals surface area contributed by atoms with Crippen molar-refractivity contribution in [2.75, 3.05) is 6.54 Å². The first-order chi connectivity index (χ1) is 7.33. The van der Waals surface area contributed by atoms with Crippen LogP contribution in [0.25, 0.3) is 0 Å². The van der Waals surface area contributed by atoms with Gasteiger partial charge < -0.3 is 4.57 Å². The number of hydrogen-bond donors (Lipinski definition) is 1. The Morgan fingerprint density at radius 1 is 1.62 bits per heavy atom. The van der Waals surface area contributed by atoms with E-state index in [2.05, 4.69) is 9.71 Å². The van der Waals surface area contributed by atoms with Crippen molar-refractivity contribution in [3.8, 4) is 0 Å². The van der Waals surface area contributed by atoms with Gasteiger partial charge in [0.1, 0.15) is 5.82 Å². The molecule has 7 heteroatoms. The van der Waals surface area contributed by atoms with Crippen LogP contribution in [-0.2, 0) is 17.1 Å². The number of alkyl halides is 1. The smallest absolute Gasteiger partial charge is 0.259 e. The van der Waals surface area contributed by atoms with Gasteiger partial charge in [0.2, 0.25) is 0 Å². The van der Waals surface area contributed by atoms with Crippen LogP contribution in [-0.4, -0.2) is 29.9 Å². The first-order valence-corrected chi connectivity index (χ1v) is 6.88. The molecule has 1 aromatic heterocycles. The minimum atomic E-state index is -3.50. The van der Waals surface area contributed by atoms with E-state index < -0.39 is 10.0 Å². The van der Waals surface area contributed by atoms with Crippen LogP contribution < -0.4 is 4.72 Å². The topological polar surface area (TPSA) is 64.0 Å². The van der Waals surface area contributed by atoms with Crippen molar-refractivity contribution in [1.82, 2.24) is 14.3 Å². The molecule has 0 aromatic carbocycles. The molecule has 0 amide bonds. The molecule has 0 radical (unpaired) electrons. The van der Waals surface area contributed by atoms with Gasteiger partial charge in [0, 0.05) is 25.2 Å². The third-order valence-electron chi connectivity index (χ3n) is 2.20. The van der Waals surface area contributed by atoms with Crippen LogP contribution in [0.2, 0.25) is 0 Å². The Morgan fingerprint density at radius 2 is 2.25 bits per heavy atom. The Morgan fingerprint density at radius 3 is 2.69 bits per heavy atom. The average molecular weight is 266 g/mol. The molecule has 0 saturated heterocycles. The van der Waals surface area contributed by atoms with Crippen molar-refractivity contribution < 1.29 is 8.42 Å². The van der Waals surface area contributed by atoms with Crippen LogP contribution in [0.1, 0.15) is 19.2 Å². The molecular formula is C9H16ClN3O2S. The lowest BCUT2D eigenvalue weighted by molar-refractivity contribution is 0.575. The fraction of sp³-hybridized carbons (Fsp3) is 0.667. The van der Waals surface area contributed by atoms with E-state index in [0.29, 0.717) is 18.8 Å². The van der Waals surface area contributed by atoms with Crippen LogP contribution in [0, 0.1) is 6.92 Å². The van der Waals surface area contributed by atoms with Gasteiger partial charge in [-0.2, -0.15) is 0 Å². The molecule has 0 aliphatic heterocycles. The predicted octanol–water partition coefficient (Wildman–Crippen LogP) is 1.02. The highest BCUT2D eigenvalue weighted by Crippen LogP contribution is 2.07. The number of sulfonamides is 1. The van der Waals surface area contributed by atoms with Gasteiger partial charge in [-0.25, -0.2) is 18.1 Å².